The number of hydrogen-bond donors (Lipinski definition) is 2. The first kappa shape index (κ1) is 16.2. The highest BCUT2D eigenvalue weighted by Crippen LogP contribution is 2.11. The smallest absolute Gasteiger partial charge is 0.236 e. The second-order valence-electron chi connectivity index (χ2n) is 5.25. The van der Waals surface area contributed by atoms with Crippen molar-refractivity contribution in [2.75, 3.05) is 0 Å². The van der Waals surface area contributed by atoms with E-state index in [0.29, 0.717) is 19.8 Å². The summed E-state index contributed by atoms with van der Waals surface area (Å²) in [4.78, 5) is 11.6. The van der Waals surface area contributed by atoms with Gasteiger partial charge in [0.25, 0.3) is 0 Å². The molecule has 3 N–H and O–H groups in total. The van der Waals surface area contributed by atoms with E-state index >= 15 is 0 Å². The van der Waals surface area contributed by atoms with Crippen molar-refractivity contribution in [3.05, 3.63) is 71.3 Å². The maximum Gasteiger partial charge on any atom is 0.236 e. The highest BCUT2D eigenvalue weighted by atomic mass is 16.5. The lowest BCUT2D eigenvalue weighted by Gasteiger charge is -2.12. The van der Waals surface area contributed by atoms with Gasteiger partial charge in [-0.2, -0.15) is 0 Å². The van der Waals surface area contributed by atoms with E-state index in [-0.39, 0.29) is 5.91 Å². The first-order valence-electron chi connectivity index (χ1n) is 7.38. The van der Waals surface area contributed by atoms with Gasteiger partial charge >= 0.3 is 0 Å². The maximum atomic E-state index is 11.6. The van der Waals surface area contributed by atoms with Crippen LogP contribution in [0.25, 0.3) is 0 Å². The van der Waals surface area contributed by atoms with Gasteiger partial charge in [0.2, 0.25) is 5.91 Å². The molecule has 116 valence electrons. The number of ether oxygens (including phenoxy) is 1. The highest BCUT2D eigenvalue weighted by molar-refractivity contribution is 5.80. The van der Waals surface area contributed by atoms with Gasteiger partial charge in [-0.1, -0.05) is 54.6 Å². The number of hydrogen-bond acceptors (Lipinski definition) is 3. The summed E-state index contributed by atoms with van der Waals surface area (Å²) in [5.41, 5.74) is 8.81. The molecule has 4 heteroatoms. The molecule has 0 saturated carbocycles. The first-order valence-corrected chi connectivity index (χ1v) is 7.38. The summed E-state index contributed by atoms with van der Waals surface area (Å²) in [6.45, 7) is 3.22. The van der Waals surface area contributed by atoms with Crippen LogP contribution in [0, 0.1) is 0 Å². The minimum absolute atomic E-state index is 0.153. The molecular formula is C18H22N2O2. The third-order valence-corrected chi connectivity index (χ3v) is 3.35. The van der Waals surface area contributed by atoms with Gasteiger partial charge in [0.15, 0.2) is 0 Å². The van der Waals surface area contributed by atoms with Crippen LogP contribution in [0.1, 0.15) is 23.6 Å². The zero-order chi connectivity index (χ0) is 15.8. The SMILES string of the molecule is CC(N)C(=O)NCc1ccccc1COCc1ccccc1. The molecule has 0 radical (unpaired) electrons. The third kappa shape index (κ3) is 4.98. The van der Waals surface area contributed by atoms with Crippen molar-refractivity contribution < 1.29 is 9.53 Å². The number of nitrogens with one attached hydrogen (secondary N) is 1. The summed E-state index contributed by atoms with van der Waals surface area (Å²) >= 11 is 0. The summed E-state index contributed by atoms with van der Waals surface area (Å²) in [6, 6.07) is 17.5. The summed E-state index contributed by atoms with van der Waals surface area (Å²) in [5.74, 6) is -0.153. The minimum Gasteiger partial charge on any atom is -0.372 e. The minimum atomic E-state index is -0.499. The van der Waals surface area contributed by atoms with Crippen LogP contribution >= 0.6 is 0 Å². The van der Waals surface area contributed by atoms with Crippen molar-refractivity contribution in [1.29, 1.82) is 0 Å². The number of nitrogens with two attached hydrogens (primary N) is 1. The van der Waals surface area contributed by atoms with Gasteiger partial charge in [0.1, 0.15) is 0 Å². The molecule has 1 unspecified atom stereocenters. The standard InChI is InChI=1S/C18H22N2O2/c1-14(19)18(21)20-11-16-9-5-6-10-17(16)13-22-12-15-7-3-2-4-8-15/h2-10,14H,11-13,19H2,1H3,(H,20,21). The fraction of sp³-hybridized carbons (Fsp3) is 0.278. The van der Waals surface area contributed by atoms with E-state index in [1.54, 1.807) is 6.92 Å². The van der Waals surface area contributed by atoms with E-state index in [9.17, 15) is 4.79 Å². The monoisotopic (exact) mass is 298 g/mol. The zero-order valence-electron chi connectivity index (χ0n) is 12.8. The summed E-state index contributed by atoms with van der Waals surface area (Å²) in [5, 5.41) is 2.83. The average Bonchev–Trinajstić information content (AvgIpc) is 2.54. The molecule has 0 saturated heterocycles. The summed E-state index contributed by atoms with van der Waals surface area (Å²) in [6.07, 6.45) is 0. The van der Waals surface area contributed by atoms with Crippen molar-refractivity contribution in [3.8, 4) is 0 Å². The topological polar surface area (TPSA) is 64.4 Å². The fourth-order valence-corrected chi connectivity index (χ4v) is 2.07. The molecular weight excluding hydrogens is 276 g/mol. The normalized spacial score (nSPS) is 11.9. The Morgan fingerprint density at radius 2 is 1.68 bits per heavy atom. The van der Waals surface area contributed by atoms with Crippen LogP contribution in [0.2, 0.25) is 0 Å². The van der Waals surface area contributed by atoms with Crippen molar-refractivity contribution in [1.82, 2.24) is 5.32 Å². The molecule has 0 heterocycles. The Labute approximate surface area is 131 Å². The largest absolute Gasteiger partial charge is 0.372 e. The van der Waals surface area contributed by atoms with Gasteiger partial charge in [-0.05, 0) is 23.6 Å². The van der Waals surface area contributed by atoms with Crippen LogP contribution in [0.5, 0.6) is 0 Å². The van der Waals surface area contributed by atoms with Crippen LogP contribution < -0.4 is 11.1 Å². The van der Waals surface area contributed by atoms with E-state index in [0.717, 1.165) is 16.7 Å². The van der Waals surface area contributed by atoms with Gasteiger partial charge < -0.3 is 15.8 Å². The van der Waals surface area contributed by atoms with Crippen molar-refractivity contribution in [2.24, 2.45) is 5.73 Å². The molecule has 0 aromatic heterocycles. The Hall–Kier alpha value is -2.17. The Morgan fingerprint density at radius 1 is 1.05 bits per heavy atom. The van der Waals surface area contributed by atoms with Crippen molar-refractivity contribution >= 4 is 5.91 Å². The maximum absolute atomic E-state index is 11.6. The molecule has 0 fully saturated rings. The number of benzene rings is 2. The van der Waals surface area contributed by atoms with Crippen LogP contribution in [0.15, 0.2) is 54.6 Å². The number of carbonyl (C=O) groups is 1. The molecule has 0 spiro atoms. The Morgan fingerprint density at radius 3 is 2.36 bits per heavy atom. The summed E-state index contributed by atoms with van der Waals surface area (Å²) < 4.78 is 5.76. The van der Waals surface area contributed by atoms with Crippen LogP contribution in [-0.2, 0) is 29.3 Å². The van der Waals surface area contributed by atoms with Gasteiger partial charge in [-0.15, -0.1) is 0 Å². The number of rotatable bonds is 7. The molecule has 0 aliphatic rings. The second kappa shape index (κ2) is 8.32. The summed E-state index contributed by atoms with van der Waals surface area (Å²) in [7, 11) is 0. The molecule has 0 bridgehead atoms. The lowest BCUT2D eigenvalue weighted by atomic mass is 10.1. The predicted octanol–water partition coefficient (Wildman–Crippen LogP) is 2.37. The Balaban J connectivity index is 1.89. The Bertz CT molecular complexity index is 597. The lowest BCUT2D eigenvalue weighted by Crippen LogP contribution is -2.37. The van der Waals surface area contributed by atoms with Gasteiger partial charge in [0, 0.05) is 6.54 Å². The van der Waals surface area contributed by atoms with E-state index in [4.69, 9.17) is 10.5 Å². The molecule has 2 aromatic rings. The van der Waals surface area contributed by atoms with Gasteiger partial charge in [-0.3, -0.25) is 4.79 Å². The Kier molecular flexibility index (Phi) is 6.13. The van der Waals surface area contributed by atoms with Crippen LogP contribution in [0.4, 0.5) is 0 Å². The van der Waals surface area contributed by atoms with Crippen molar-refractivity contribution in [3.63, 3.8) is 0 Å². The molecule has 0 aliphatic carbocycles. The van der Waals surface area contributed by atoms with E-state index in [2.05, 4.69) is 5.32 Å². The van der Waals surface area contributed by atoms with E-state index in [1.165, 1.54) is 0 Å². The molecule has 0 aliphatic heterocycles. The molecule has 2 aromatic carbocycles. The number of carbonyl (C=O) groups excluding carboxylic acids is 1. The van der Waals surface area contributed by atoms with Gasteiger partial charge in [0.05, 0.1) is 19.3 Å². The molecule has 22 heavy (non-hydrogen) atoms. The third-order valence-electron chi connectivity index (χ3n) is 3.35. The molecule has 2 rings (SSSR count). The van der Waals surface area contributed by atoms with Crippen molar-refractivity contribution in [2.45, 2.75) is 32.7 Å². The molecule has 4 nitrogen and oxygen atoms in total. The van der Waals surface area contributed by atoms with Crippen LogP contribution in [0.3, 0.4) is 0 Å². The second-order valence-corrected chi connectivity index (χ2v) is 5.25. The molecule has 1 amide bonds. The highest BCUT2D eigenvalue weighted by Gasteiger charge is 2.08. The predicted molar refractivity (Wildman–Crippen MR) is 86.9 cm³/mol. The van der Waals surface area contributed by atoms with E-state index in [1.807, 2.05) is 54.6 Å². The van der Waals surface area contributed by atoms with E-state index < -0.39 is 6.04 Å². The fourth-order valence-electron chi connectivity index (χ4n) is 2.07. The van der Waals surface area contributed by atoms with Gasteiger partial charge in [-0.25, -0.2) is 0 Å². The first-order chi connectivity index (χ1) is 10.7. The quantitative estimate of drug-likeness (QED) is 0.825. The average molecular weight is 298 g/mol. The number of amides is 1. The zero-order valence-corrected chi connectivity index (χ0v) is 12.8. The molecule has 1 atom stereocenters. The lowest BCUT2D eigenvalue weighted by molar-refractivity contribution is -0.122. The van der Waals surface area contributed by atoms with Crippen LogP contribution in [-0.4, -0.2) is 11.9 Å².